The number of hydrogen-bond donors (Lipinski definition) is 2. The molecule has 1 aromatic carbocycles. The first-order valence-corrected chi connectivity index (χ1v) is 6.77. The van der Waals surface area contributed by atoms with E-state index in [4.69, 9.17) is 5.73 Å². The lowest BCUT2D eigenvalue weighted by Gasteiger charge is -2.20. The predicted molar refractivity (Wildman–Crippen MR) is 87.9 cm³/mol. The van der Waals surface area contributed by atoms with Crippen LogP contribution in [0.5, 0.6) is 0 Å². The van der Waals surface area contributed by atoms with E-state index in [1.165, 1.54) is 18.2 Å². The van der Waals surface area contributed by atoms with E-state index in [9.17, 15) is 13.6 Å². The first-order chi connectivity index (χ1) is 9.52. The van der Waals surface area contributed by atoms with Gasteiger partial charge in [0.2, 0.25) is 5.91 Å². The Labute approximate surface area is 141 Å². The number of anilines is 1. The summed E-state index contributed by atoms with van der Waals surface area (Å²) in [6.45, 7) is 2.73. The minimum atomic E-state index is -0.581. The molecule has 1 aromatic rings. The lowest BCUT2D eigenvalue weighted by Crippen LogP contribution is -2.46. The minimum Gasteiger partial charge on any atom is -0.365 e. The summed E-state index contributed by atoms with van der Waals surface area (Å²) >= 11 is 0. The molecule has 1 aliphatic heterocycles. The second kappa shape index (κ2) is 9.12. The van der Waals surface area contributed by atoms with Crippen LogP contribution in [0, 0.1) is 11.6 Å². The van der Waals surface area contributed by atoms with Crippen molar-refractivity contribution in [3.63, 3.8) is 0 Å². The van der Waals surface area contributed by atoms with Crippen LogP contribution < -0.4 is 16.0 Å². The van der Waals surface area contributed by atoms with Crippen LogP contribution in [0.3, 0.4) is 0 Å². The van der Waals surface area contributed by atoms with Gasteiger partial charge < -0.3 is 16.0 Å². The van der Waals surface area contributed by atoms with Crippen molar-refractivity contribution < 1.29 is 13.6 Å². The molecule has 2 atom stereocenters. The second-order valence-electron chi connectivity index (χ2n) is 5.03. The quantitative estimate of drug-likeness (QED) is 0.870. The van der Waals surface area contributed by atoms with Gasteiger partial charge in [0.15, 0.2) is 0 Å². The predicted octanol–water partition coefficient (Wildman–Crippen LogP) is 2.24. The van der Waals surface area contributed by atoms with Crippen molar-refractivity contribution in [1.29, 1.82) is 0 Å². The Morgan fingerprint density at radius 3 is 2.55 bits per heavy atom. The van der Waals surface area contributed by atoms with Gasteiger partial charge in [0.25, 0.3) is 0 Å². The zero-order valence-corrected chi connectivity index (χ0v) is 13.9. The monoisotopic (exact) mass is 355 g/mol. The number of carbonyl (C=O) groups excluding carboxylic acids is 1. The molecule has 126 valence electrons. The fraction of sp³-hybridized carbons (Fsp3) is 0.500. The molecule has 22 heavy (non-hydrogen) atoms. The van der Waals surface area contributed by atoms with Crippen LogP contribution in [0.2, 0.25) is 0 Å². The molecular formula is C14H21Cl2F2N3O. The van der Waals surface area contributed by atoms with Crippen LogP contribution >= 0.6 is 24.8 Å². The van der Waals surface area contributed by atoms with E-state index in [0.717, 1.165) is 0 Å². The Bertz CT molecular complexity index is 485. The maximum absolute atomic E-state index is 13.7. The zero-order valence-electron chi connectivity index (χ0n) is 12.2. The Balaban J connectivity index is 0.00000220. The summed E-state index contributed by atoms with van der Waals surface area (Å²) in [5, 5.41) is 2.82. The topological polar surface area (TPSA) is 58.4 Å². The number of rotatable bonds is 4. The molecule has 0 aromatic heterocycles. The van der Waals surface area contributed by atoms with Gasteiger partial charge in [-0.15, -0.1) is 24.8 Å². The Kier molecular flexibility index (Phi) is 8.66. The molecule has 1 heterocycles. The Hall–Kier alpha value is -1.11. The van der Waals surface area contributed by atoms with Gasteiger partial charge in [0.1, 0.15) is 17.3 Å². The van der Waals surface area contributed by atoms with Gasteiger partial charge in [-0.2, -0.15) is 0 Å². The maximum atomic E-state index is 13.7. The van der Waals surface area contributed by atoms with E-state index in [1.54, 1.807) is 4.90 Å². The number of benzene rings is 1. The lowest BCUT2D eigenvalue weighted by molar-refractivity contribution is -0.123. The molecule has 1 fully saturated rings. The van der Waals surface area contributed by atoms with E-state index in [1.807, 2.05) is 6.92 Å². The Morgan fingerprint density at radius 2 is 2.00 bits per heavy atom. The van der Waals surface area contributed by atoms with E-state index < -0.39 is 17.7 Å². The van der Waals surface area contributed by atoms with Gasteiger partial charge in [-0.25, -0.2) is 8.78 Å². The SMILES string of the molecule is CC[C@H](N)C(=O)NC1CCN(c2c(F)cccc2F)C1.Cl.Cl. The fourth-order valence-corrected chi connectivity index (χ4v) is 2.37. The van der Waals surface area contributed by atoms with E-state index >= 15 is 0 Å². The van der Waals surface area contributed by atoms with Crippen molar-refractivity contribution in [3.05, 3.63) is 29.8 Å². The van der Waals surface area contributed by atoms with E-state index in [-0.39, 0.29) is 42.5 Å². The first-order valence-electron chi connectivity index (χ1n) is 6.77. The molecule has 1 aliphatic rings. The number of nitrogens with one attached hydrogen (secondary N) is 1. The number of nitrogens with zero attached hydrogens (tertiary/aromatic N) is 1. The average molecular weight is 356 g/mol. The minimum absolute atomic E-state index is 0. The molecular weight excluding hydrogens is 335 g/mol. The average Bonchev–Trinajstić information content (AvgIpc) is 2.85. The van der Waals surface area contributed by atoms with Gasteiger partial charge in [-0.3, -0.25) is 4.79 Å². The van der Waals surface area contributed by atoms with Gasteiger partial charge in [-0.05, 0) is 25.0 Å². The molecule has 1 saturated heterocycles. The summed E-state index contributed by atoms with van der Waals surface area (Å²) in [7, 11) is 0. The van der Waals surface area contributed by atoms with Crippen LogP contribution in [-0.2, 0) is 4.79 Å². The van der Waals surface area contributed by atoms with Crippen molar-refractivity contribution in [2.24, 2.45) is 5.73 Å². The van der Waals surface area contributed by atoms with Crippen molar-refractivity contribution >= 4 is 36.4 Å². The van der Waals surface area contributed by atoms with Crippen LogP contribution in [0.25, 0.3) is 0 Å². The lowest BCUT2D eigenvalue weighted by atomic mass is 10.2. The molecule has 0 aliphatic carbocycles. The molecule has 0 saturated carbocycles. The summed E-state index contributed by atoms with van der Waals surface area (Å²) in [4.78, 5) is 13.3. The van der Waals surface area contributed by atoms with E-state index in [0.29, 0.717) is 25.9 Å². The number of amides is 1. The normalized spacial score (nSPS) is 18.2. The summed E-state index contributed by atoms with van der Waals surface area (Å²) in [6, 6.07) is 3.15. The fourth-order valence-electron chi connectivity index (χ4n) is 2.37. The standard InChI is InChI=1S/C14H19F2N3O.2ClH/c1-2-12(17)14(20)18-9-6-7-19(8-9)13-10(15)4-3-5-11(13)16;;/h3-5,9,12H,2,6-8,17H2,1H3,(H,18,20);2*1H/t9?,12-;;/m0../s1. The third-order valence-corrected chi connectivity index (χ3v) is 3.57. The summed E-state index contributed by atoms with van der Waals surface area (Å²) in [6.07, 6.45) is 1.21. The maximum Gasteiger partial charge on any atom is 0.237 e. The largest absolute Gasteiger partial charge is 0.365 e. The first kappa shape index (κ1) is 20.9. The molecule has 1 unspecified atom stereocenters. The number of halogens is 4. The molecule has 2 rings (SSSR count). The van der Waals surface area contributed by atoms with Crippen molar-refractivity contribution in [2.75, 3.05) is 18.0 Å². The van der Waals surface area contributed by atoms with Crippen LogP contribution in [-0.4, -0.2) is 31.1 Å². The molecule has 8 heteroatoms. The molecule has 0 bridgehead atoms. The molecule has 4 nitrogen and oxygen atoms in total. The van der Waals surface area contributed by atoms with Gasteiger partial charge in [-0.1, -0.05) is 13.0 Å². The highest BCUT2D eigenvalue weighted by Gasteiger charge is 2.28. The number of hydrogen-bond acceptors (Lipinski definition) is 3. The highest BCUT2D eigenvalue weighted by molar-refractivity contribution is 5.85. The van der Waals surface area contributed by atoms with Crippen molar-refractivity contribution in [1.82, 2.24) is 5.32 Å². The van der Waals surface area contributed by atoms with Crippen molar-refractivity contribution in [3.8, 4) is 0 Å². The summed E-state index contributed by atoms with van der Waals surface area (Å²) < 4.78 is 27.4. The Morgan fingerprint density at radius 1 is 1.41 bits per heavy atom. The van der Waals surface area contributed by atoms with Crippen LogP contribution in [0.15, 0.2) is 18.2 Å². The van der Waals surface area contributed by atoms with Gasteiger partial charge >= 0.3 is 0 Å². The van der Waals surface area contributed by atoms with Crippen LogP contribution in [0.4, 0.5) is 14.5 Å². The van der Waals surface area contributed by atoms with Crippen molar-refractivity contribution in [2.45, 2.75) is 31.8 Å². The third-order valence-electron chi connectivity index (χ3n) is 3.57. The highest BCUT2D eigenvalue weighted by Crippen LogP contribution is 2.26. The van der Waals surface area contributed by atoms with E-state index in [2.05, 4.69) is 5.32 Å². The van der Waals surface area contributed by atoms with Crippen LogP contribution in [0.1, 0.15) is 19.8 Å². The molecule has 3 N–H and O–H groups in total. The molecule has 0 spiro atoms. The van der Waals surface area contributed by atoms with Gasteiger partial charge in [0, 0.05) is 19.1 Å². The third kappa shape index (κ3) is 4.69. The molecule has 0 radical (unpaired) electrons. The smallest absolute Gasteiger partial charge is 0.237 e. The molecule has 1 amide bonds. The number of carbonyl (C=O) groups is 1. The number of para-hydroxylation sites is 1. The summed E-state index contributed by atoms with van der Waals surface area (Å²) in [5.41, 5.74) is 5.62. The summed E-state index contributed by atoms with van der Waals surface area (Å²) in [5.74, 6) is -1.38. The highest BCUT2D eigenvalue weighted by atomic mass is 35.5. The van der Waals surface area contributed by atoms with Gasteiger partial charge in [0.05, 0.1) is 6.04 Å². The zero-order chi connectivity index (χ0) is 14.7. The number of nitrogens with two attached hydrogens (primary N) is 1. The second-order valence-corrected chi connectivity index (χ2v) is 5.03.